The lowest BCUT2D eigenvalue weighted by molar-refractivity contribution is -0.132. The van der Waals surface area contributed by atoms with E-state index in [0.717, 1.165) is 52.2 Å². The molecule has 0 unspecified atom stereocenters. The second kappa shape index (κ2) is 6.20. The fourth-order valence-corrected chi connectivity index (χ4v) is 3.32. The summed E-state index contributed by atoms with van der Waals surface area (Å²) in [6.07, 6.45) is 3.74. The molecule has 0 atom stereocenters. The van der Waals surface area contributed by atoms with Crippen LogP contribution >= 0.6 is 0 Å². The van der Waals surface area contributed by atoms with Gasteiger partial charge in [-0.05, 0) is 18.7 Å². The minimum Gasteiger partial charge on any atom is -0.354 e. The molecule has 21 heavy (non-hydrogen) atoms. The van der Waals surface area contributed by atoms with Crippen LogP contribution in [0.2, 0.25) is 0 Å². The quantitative estimate of drug-likeness (QED) is 0.815. The molecular weight excluding hydrogens is 264 g/mol. The van der Waals surface area contributed by atoms with E-state index in [1.807, 2.05) is 4.90 Å². The number of aryl methyl sites for hydroxylation is 1. The SMILES string of the molecule is CN1CCN(CCC(=O)N2CCc3c(ccn3C)C2)CC1. The van der Waals surface area contributed by atoms with Gasteiger partial charge in [0.25, 0.3) is 0 Å². The van der Waals surface area contributed by atoms with Gasteiger partial charge >= 0.3 is 0 Å². The number of hydrogen-bond acceptors (Lipinski definition) is 3. The summed E-state index contributed by atoms with van der Waals surface area (Å²) in [7, 11) is 4.25. The van der Waals surface area contributed by atoms with E-state index in [2.05, 4.69) is 40.7 Å². The lowest BCUT2D eigenvalue weighted by atomic mass is 10.1. The van der Waals surface area contributed by atoms with Crippen molar-refractivity contribution in [3.05, 3.63) is 23.5 Å². The first-order valence-corrected chi connectivity index (χ1v) is 7.95. The molecule has 3 rings (SSSR count). The fourth-order valence-electron chi connectivity index (χ4n) is 3.32. The van der Waals surface area contributed by atoms with Crippen LogP contribution in [0.1, 0.15) is 17.7 Å². The number of hydrogen-bond donors (Lipinski definition) is 0. The molecule has 2 aliphatic rings. The van der Waals surface area contributed by atoms with Crippen molar-refractivity contribution < 1.29 is 4.79 Å². The summed E-state index contributed by atoms with van der Waals surface area (Å²) in [5, 5.41) is 0. The van der Waals surface area contributed by atoms with Crippen LogP contribution in [-0.4, -0.2) is 71.5 Å². The topological polar surface area (TPSA) is 31.7 Å². The number of likely N-dealkylation sites (N-methyl/N-ethyl adjacent to an activating group) is 1. The zero-order valence-electron chi connectivity index (χ0n) is 13.2. The number of fused-ring (bicyclic) bond motifs is 1. The van der Waals surface area contributed by atoms with E-state index in [0.29, 0.717) is 12.3 Å². The van der Waals surface area contributed by atoms with Crippen molar-refractivity contribution >= 4 is 5.91 Å². The summed E-state index contributed by atoms with van der Waals surface area (Å²) in [4.78, 5) is 19.2. The first-order chi connectivity index (χ1) is 10.1. The standard InChI is InChI=1S/C16H26N4O/c1-17-9-11-19(12-10-17)7-5-16(21)20-8-4-15-14(13-20)3-6-18(15)2/h3,6H,4-5,7-13H2,1-2H3. The largest absolute Gasteiger partial charge is 0.354 e. The molecule has 0 aliphatic carbocycles. The molecule has 1 aromatic rings. The van der Waals surface area contributed by atoms with Crippen molar-refractivity contribution in [1.82, 2.24) is 19.3 Å². The summed E-state index contributed by atoms with van der Waals surface area (Å²) in [6.45, 7) is 6.98. The molecule has 0 radical (unpaired) electrons. The Bertz CT molecular complexity index is 502. The van der Waals surface area contributed by atoms with Gasteiger partial charge in [-0.25, -0.2) is 0 Å². The maximum Gasteiger partial charge on any atom is 0.224 e. The van der Waals surface area contributed by atoms with Crippen LogP contribution in [0.4, 0.5) is 0 Å². The van der Waals surface area contributed by atoms with Gasteiger partial charge in [0.1, 0.15) is 0 Å². The maximum atomic E-state index is 12.4. The second-order valence-electron chi connectivity index (χ2n) is 6.36. The van der Waals surface area contributed by atoms with Crippen LogP contribution in [0, 0.1) is 0 Å². The molecule has 0 N–H and O–H groups in total. The number of carbonyl (C=O) groups is 1. The molecule has 1 fully saturated rings. The minimum absolute atomic E-state index is 0.309. The van der Waals surface area contributed by atoms with Crippen molar-refractivity contribution in [3.63, 3.8) is 0 Å². The third kappa shape index (κ3) is 3.30. The number of amides is 1. The predicted molar refractivity (Wildman–Crippen MR) is 83.1 cm³/mol. The Morgan fingerprint density at radius 3 is 2.67 bits per heavy atom. The average Bonchev–Trinajstić information content (AvgIpc) is 2.87. The average molecular weight is 290 g/mol. The first kappa shape index (κ1) is 14.6. The van der Waals surface area contributed by atoms with Crippen LogP contribution in [0.3, 0.4) is 0 Å². The van der Waals surface area contributed by atoms with Gasteiger partial charge in [0.15, 0.2) is 0 Å². The third-order valence-corrected chi connectivity index (χ3v) is 4.87. The summed E-state index contributed by atoms with van der Waals surface area (Å²) < 4.78 is 2.18. The second-order valence-corrected chi connectivity index (χ2v) is 6.36. The van der Waals surface area contributed by atoms with Crippen molar-refractivity contribution in [3.8, 4) is 0 Å². The molecule has 0 bridgehead atoms. The Morgan fingerprint density at radius 1 is 1.14 bits per heavy atom. The van der Waals surface area contributed by atoms with Gasteiger partial charge in [-0.3, -0.25) is 4.79 Å². The van der Waals surface area contributed by atoms with Crippen LogP contribution in [0.5, 0.6) is 0 Å². The molecule has 1 aromatic heterocycles. The molecule has 1 saturated heterocycles. The maximum absolute atomic E-state index is 12.4. The Hall–Kier alpha value is -1.33. The van der Waals surface area contributed by atoms with Crippen LogP contribution < -0.4 is 0 Å². The molecule has 5 nitrogen and oxygen atoms in total. The molecule has 3 heterocycles. The molecule has 0 spiro atoms. The first-order valence-electron chi connectivity index (χ1n) is 7.95. The lowest BCUT2D eigenvalue weighted by Gasteiger charge is -2.33. The number of rotatable bonds is 3. The number of aromatic nitrogens is 1. The van der Waals surface area contributed by atoms with E-state index in [4.69, 9.17) is 0 Å². The molecule has 0 saturated carbocycles. The van der Waals surface area contributed by atoms with Gasteiger partial charge in [0.2, 0.25) is 5.91 Å². The molecule has 1 amide bonds. The molecule has 5 heteroatoms. The zero-order valence-corrected chi connectivity index (χ0v) is 13.2. The van der Waals surface area contributed by atoms with Gasteiger partial charge in [0.05, 0.1) is 0 Å². The van der Waals surface area contributed by atoms with E-state index < -0.39 is 0 Å². The van der Waals surface area contributed by atoms with Crippen LogP contribution in [-0.2, 0) is 24.8 Å². The van der Waals surface area contributed by atoms with Gasteiger partial charge in [-0.15, -0.1) is 0 Å². The van der Waals surface area contributed by atoms with Crippen molar-refractivity contribution in [2.75, 3.05) is 46.3 Å². The van der Waals surface area contributed by atoms with Crippen molar-refractivity contribution in [2.24, 2.45) is 7.05 Å². The normalized spacial score (nSPS) is 20.6. The van der Waals surface area contributed by atoms with E-state index in [1.165, 1.54) is 11.3 Å². The summed E-state index contributed by atoms with van der Waals surface area (Å²) in [5.74, 6) is 0.309. The van der Waals surface area contributed by atoms with Gasteiger partial charge < -0.3 is 19.3 Å². The Labute approximate surface area is 127 Å². The Balaban J connectivity index is 1.48. The van der Waals surface area contributed by atoms with Gasteiger partial charge in [-0.2, -0.15) is 0 Å². The zero-order chi connectivity index (χ0) is 14.8. The van der Waals surface area contributed by atoms with E-state index in [-0.39, 0.29) is 0 Å². The van der Waals surface area contributed by atoms with E-state index in [9.17, 15) is 4.79 Å². The van der Waals surface area contributed by atoms with Gasteiger partial charge in [-0.1, -0.05) is 0 Å². The highest BCUT2D eigenvalue weighted by molar-refractivity contribution is 5.76. The summed E-state index contributed by atoms with van der Waals surface area (Å²) in [5.41, 5.74) is 2.70. The Morgan fingerprint density at radius 2 is 1.90 bits per heavy atom. The highest BCUT2D eigenvalue weighted by atomic mass is 16.2. The Kier molecular flexibility index (Phi) is 4.31. The smallest absolute Gasteiger partial charge is 0.224 e. The molecule has 0 aromatic carbocycles. The summed E-state index contributed by atoms with van der Waals surface area (Å²) in [6, 6.07) is 2.15. The lowest BCUT2D eigenvalue weighted by Crippen LogP contribution is -2.46. The van der Waals surface area contributed by atoms with E-state index >= 15 is 0 Å². The third-order valence-electron chi connectivity index (χ3n) is 4.87. The van der Waals surface area contributed by atoms with E-state index in [1.54, 1.807) is 0 Å². The minimum atomic E-state index is 0.309. The monoisotopic (exact) mass is 290 g/mol. The van der Waals surface area contributed by atoms with Crippen molar-refractivity contribution in [2.45, 2.75) is 19.4 Å². The van der Waals surface area contributed by atoms with Crippen molar-refractivity contribution in [1.29, 1.82) is 0 Å². The highest BCUT2D eigenvalue weighted by Crippen LogP contribution is 2.20. The molecular formula is C16H26N4O. The van der Waals surface area contributed by atoms with Crippen LogP contribution in [0.25, 0.3) is 0 Å². The summed E-state index contributed by atoms with van der Waals surface area (Å²) >= 11 is 0. The molecule has 2 aliphatic heterocycles. The predicted octanol–water partition coefficient (Wildman–Crippen LogP) is 0.547. The highest BCUT2D eigenvalue weighted by Gasteiger charge is 2.23. The molecule has 116 valence electrons. The number of piperazine rings is 1. The van der Waals surface area contributed by atoms with Gasteiger partial charge in [0, 0.05) is 77.6 Å². The number of carbonyl (C=O) groups excluding carboxylic acids is 1. The fraction of sp³-hybridized carbons (Fsp3) is 0.688. The van der Waals surface area contributed by atoms with Crippen LogP contribution in [0.15, 0.2) is 12.3 Å². The number of nitrogens with zero attached hydrogens (tertiary/aromatic N) is 4.